The molecule has 1 heterocycles. The highest BCUT2D eigenvalue weighted by atomic mass is 16.5. The van der Waals surface area contributed by atoms with Crippen molar-refractivity contribution < 1.29 is 19.7 Å². The fourth-order valence-electron chi connectivity index (χ4n) is 11.1. The van der Waals surface area contributed by atoms with E-state index in [1.165, 1.54) is 7.11 Å². The van der Waals surface area contributed by atoms with E-state index in [1.807, 2.05) is 19.1 Å². The number of aliphatic hydroxyl groups excluding tert-OH is 1. The number of methoxy groups -OCH3 is 1. The number of hydrogen-bond acceptors (Lipinski definition) is 6. The van der Waals surface area contributed by atoms with Gasteiger partial charge in [-0.15, -0.1) is 0 Å². The molecule has 1 aromatic carbocycles. The summed E-state index contributed by atoms with van der Waals surface area (Å²) >= 11 is 0. The first kappa shape index (κ1) is 28.1. The minimum absolute atomic E-state index is 0.00849. The molecule has 9 atom stereocenters. The van der Waals surface area contributed by atoms with Crippen LogP contribution in [0.1, 0.15) is 97.9 Å². The molecule has 1 aromatic heterocycles. The van der Waals surface area contributed by atoms with E-state index in [2.05, 4.69) is 46.8 Å². The van der Waals surface area contributed by atoms with Gasteiger partial charge < -0.3 is 14.9 Å². The van der Waals surface area contributed by atoms with E-state index in [-0.39, 0.29) is 45.9 Å². The number of aromatic nitrogens is 2. The molecule has 0 saturated heterocycles. The number of fused-ring (bicyclic) bond motifs is 7. The van der Waals surface area contributed by atoms with Crippen molar-refractivity contribution in [2.45, 2.75) is 110 Å². The highest BCUT2D eigenvalue weighted by molar-refractivity contribution is 5.74. The Hall–Kier alpha value is -2.05. The van der Waals surface area contributed by atoms with Crippen molar-refractivity contribution in [3.05, 3.63) is 35.7 Å². The van der Waals surface area contributed by atoms with Crippen LogP contribution in [-0.2, 0) is 21.4 Å². The molecule has 40 heavy (non-hydrogen) atoms. The molecular formula is C34H48N2O4. The Morgan fingerprint density at radius 3 is 2.35 bits per heavy atom. The minimum Gasteiger partial charge on any atom is -0.469 e. The van der Waals surface area contributed by atoms with Crippen LogP contribution in [0, 0.1) is 39.9 Å². The summed E-state index contributed by atoms with van der Waals surface area (Å²) in [5.41, 5.74) is 3.00. The molecule has 4 aliphatic carbocycles. The van der Waals surface area contributed by atoms with Gasteiger partial charge in [0.05, 0.1) is 41.2 Å². The molecule has 218 valence electrons. The Morgan fingerprint density at radius 2 is 1.68 bits per heavy atom. The fourth-order valence-corrected chi connectivity index (χ4v) is 11.1. The molecule has 6 nitrogen and oxygen atoms in total. The Kier molecular flexibility index (Phi) is 6.30. The normalized spacial score (nSPS) is 41.3. The predicted octanol–water partition coefficient (Wildman–Crippen LogP) is 6.00. The van der Waals surface area contributed by atoms with Gasteiger partial charge in [-0.3, -0.25) is 4.79 Å². The maximum Gasteiger partial charge on any atom is 0.305 e. The van der Waals surface area contributed by atoms with Crippen LogP contribution in [0.4, 0.5) is 0 Å². The van der Waals surface area contributed by atoms with E-state index >= 15 is 0 Å². The smallest absolute Gasteiger partial charge is 0.305 e. The van der Waals surface area contributed by atoms with Crippen molar-refractivity contribution in [1.82, 2.24) is 9.97 Å². The first-order chi connectivity index (χ1) is 18.7. The van der Waals surface area contributed by atoms with Gasteiger partial charge in [0.15, 0.2) is 0 Å². The molecule has 0 bridgehead atoms. The first-order valence-corrected chi connectivity index (χ1v) is 15.4. The van der Waals surface area contributed by atoms with Gasteiger partial charge >= 0.3 is 5.97 Å². The van der Waals surface area contributed by atoms with Crippen molar-refractivity contribution >= 4 is 17.0 Å². The average molecular weight is 549 g/mol. The number of carbonyl (C=O) groups is 1. The maximum absolute atomic E-state index is 12.0. The molecular weight excluding hydrogens is 500 g/mol. The van der Waals surface area contributed by atoms with Gasteiger partial charge in [0.25, 0.3) is 0 Å². The number of hydrogen-bond donors (Lipinski definition) is 2. The third-order valence-electron chi connectivity index (χ3n) is 13.2. The Balaban J connectivity index is 1.38. The largest absolute Gasteiger partial charge is 0.469 e. The van der Waals surface area contributed by atoms with Crippen LogP contribution < -0.4 is 0 Å². The summed E-state index contributed by atoms with van der Waals surface area (Å²) in [6.07, 6.45) is 5.84. The highest BCUT2D eigenvalue weighted by Crippen LogP contribution is 2.75. The van der Waals surface area contributed by atoms with Crippen molar-refractivity contribution in [3.8, 4) is 0 Å². The van der Waals surface area contributed by atoms with Gasteiger partial charge in [0.2, 0.25) is 0 Å². The van der Waals surface area contributed by atoms with Crippen molar-refractivity contribution in [2.24, 2.45) is 39.9 Å². The number of esters is 1. The topological polar surface area (TPSA) is 92.5 Å². The zero-order valence-electron chi connectivity index (χ0n) is 25.5. The lowest BCUT2D eigenvalue weighted by Crippen LogP contribution is -2.66. The lowest BCUT2D eigenvalue weighted by Gasteiger charge is -2.69. The average Bonchev–Trinajstić information content (AvgIpc) is 3.28. The third-order valence-corrected chi connectivity index (χ3v) is 13.2. The molecule has 4 aliphatic rings. The molecule has 0 radical (unpaired) electrons. The summed E-state index contributed by atoms with van der Waals surface area (Å²) in [6.45, 7) is 14.0. The zero-order chi connectivity index (χ0) is 28.9. The second-order valence-corrected chi connectivity index (χ2v) is 15.3. The van der Waals surface area contributed by atoms with Crippen LogP contribution in [0.2, 0.25) is 0 Å². The van der Waals surface area contributed by atoms with Crippen molar-refractivity contribution in [1.29, 1.82) is 0 Å². The summed E-state index contributed by atoms with van der Waals surface area (Å²) in [5, 5.41) is 23.7. The van der Waals surface area contributed by atoms with Crippen molar-refractivity contribution in [3.63, 3.8) is 0 Å². The molecule has 2 N–H and O–H groups in total. The SMILES string of the molecule is COC(=O)CC[C@](C)(O)[C@H]1CC[C@]2(C)[C@@H]1[C@H](O)C[C@@H]1[C@@]3(C)Cc4nc5ccccc5nc4C(C)(C)[C@@H]3CC[C@]12C. The van der Waals surface area contributed by atoms with E-state index in [1.54, 1.807) is 0 Å². The lowest BCUT2D eigenvalue weighted by molar-refractivity contribution is -0.224. The molecule has 2 aromatic rings. The first-order valence-electron chi connectivity index (χ1n) is 15.4. The number of carbonyl (C=O) groups excluding carboxylic acids is 1. The summed E-state index contributed by atoms with van der Waals surface area (Å²) in [7, 11) is 1.39. The standard InChI is InChI=1S/C34H48N2O4/c1-30(2)25-13-16-32(4)26(31(25,3)19-23-29(30)36-22-11-9-8-10-21(22)35-23)18-24(37)28-20(12-15-33(28,32)5)34(6,39)17-14-27(38)40-7/h8-11,20,24-26,28,37,39H,12-19H2,1-7H3/t20-,24+,25-,26+,28-,31-,32+,33+,34-/m0/s1. The van der Waals surface area contributed by atoms with Crippen LogP contribution in [0.25, 0.3) is 11.0 Å². The summed E-state index contributed by atoms with van der Waals surface area (Å²) < 4.78 is 4.86. The molecule has 0 unspecified atom stereocenters. The van der Waals surface area contributed by atoms with Crippen LogP contribution in [-0.4, -0.2) is 45.0 Å². The van der Waals surface area contributed by atoms with Crippen LogP contribution in [0.3, 0.4) is 0 Å². The summed E-state index contributed by atoms with van der Waals surface area (Å²) in [6, 6.07) is 8.21. The van der Waals surface area contributed by atoms with Crippen LogP contribution in [0.15, 0.2) is 24.3 Å². The van der Waals surface area contributed by atoms with E-state index in [0.717, 1.165) is 60.9 Å². The molecule has 0 aliphatic heterocycles. The third kappa shape index (κ3) is 3.70. The van der Waals surface area contributed by atoms with E-state index in [9.17, 15) is 15.0 Å². The Bertz CT molecular complexity index is 1340. The summed E-state index contributed by atoms with van der Waals surface area (Å²) in [4.78, 5) is 22.3. The van der Waals surface area contributed by atoms with E-state index in [0.29, 0.717) is 18.3 Å². The van der Waals surface area contributed by atoms with Crippen molar-refractivity contribution in [2.75, 3.05) is 7.11 Å². The van der Waals surface area contributed by atoms with E-state index < -0.39 is 11.7 Å². The highest BCUT2D eigenvalue weighted by Gasteiger charge is 2.71. The lowest BCUT2D eigenvalue weighted by atomic mass is 9.35. The van der Waals surface area contributed by atoms with Gasteiger partial charge in [-0.2, -0.15) is 0 Å². The molecule has 3 saturated carbocycles. The minimum atomic E-state index is -1.02. The number of para-hydroxylation sites is 2. The zero-order valence-corrected chi connectivity index (χ0v) is 25.5. The van der Waals surface area contributed by atoms with Gasteiger partial charge in [-0.05, 0) is 104 Å². The van der Waals surface area contributed by atoms with Gasteiger partial charge in [-0.1, -0.05) is 46.8 Å². The number of rotatable bonds is 4. The number of nitrogens with zero attached hydrogens (tertiary/aromatic N) is 2. The quantitative estimate of drug-likeness (QED) is 0.455. The molecule has 0 spiro atoms. The van der Waals surface area contributed by atoms with Gasteiger partial charge in [-0.25, -0.2) is 9.97 Å². The van der Waals surface area contributed by atoms with Crippen LogP contribution >= 0.6 is 0 Å². The van der Waals surface area contributed by atoms with Crippen LogP contribution in [0.5, 0.6) is 0 Å². The molecule has 3 fully saturated rings. The number of aliphatic hydroxyl groups is 2. The second kappa shape index (κ2) is 8.97. The Morgan fingerprint density at radius 1 is 1.02 bits per heavy atom. The van der Waals surface area contributed by atoms with Gasteiger partial charge in [0.1, 0.15) is 0 Å². The fraction of sp³-hybridized carbons (Fsp3) is 0.735. The second-order valence-electron chi connectivity index (χ2n) is 15.3. The van der Waals surface area contributed by atoms with Gasteiger partial charge in [0, 0.05) is 11.8 Å². The maximum atomic E-state index is 12.0. The summed E-state index contributed by atoms with van der Waals surface area (Å²) in [5.74, 6) is 0.471. The predicted molar refractivity (Wildman–Crippen MR) is 156 cm³/mol. The molecule has 6 heteroatoms. The monoisotopic (exact) mass is 548 g/mol. The Labute approximate surface area is 239 Å². The van der Waals surface area contributed by atoms with E-state index in [4.69, 9.17) is 14.7 Å². The number of ether oxygens (including phenoxy) is 1. The number of benzene rings is 1. The molecule has 0 amide bonds. The molecule has 6 rings (SSSR count).